The fourth-order valence-electron chi connectivity index (χ4n) is 3.22. The van der Waals surface area contributed by atoms with Crippen molar-refractivity contribution in [2.45, 2.75) is 0 Å². The van der Waals surface area contributed by atoms with Crippen LogP contribution in [0.25, 0.3) is 22.9 Å². The predicted octanol–water partition coefficient (Wildman–Crippen LogP) is 4.09. The van der Waals surface area contributed by atoms with Crippen LogP contribution in [0.4, 0.5) is 5.69 Å². The molecule has 0 saturated carbocycles. The smallest absolute Gasteiger partial charge is 0.255 e. The maximum Gasteiger partial charge on any atom is 0.255 e. The second-order valence-electron chi connectivity index (χ2n) is 7.06. The number of phenols is 2. The number of nitrogens with one attached hydrogen (secondary N) is 1. The van der Waals surface area contributed by atoms with E-state index in [0.29, 0.717) is 39.6 Å². The third-order valence-electron chi connectivity index (χ3n) is 4.96. The maximum atomic E-state index is 12.8. The largest absolute Gasteiger partial charge is 0.504 e. The highest BCUT2D eigenvalue weighted by Crippen LogP contribution is 2.38. The maximum absolute atomic E-state index is 12.8. The Morgan fingerprint density at radius 1 is 0.794 bits per heavy atom. The number of carbonyl (C=O) groups is 1. The standard InChI is InChI=1S/C24H21N3O7/c1-31-19-11-15(12-20(32-2)21(19)33-3)22(30)25-16-7-4-13(5-8-16)23-26-27-24(34-23)14-6-9-17(28)18(29)10-14/h4-12,28-29H,1-3H3,(H,25,30). The molecule has 10 nitrogen and oxygen atoms in total. The molecule has 0 bridgehead atoms. The van der Waals surface area contributed by atoms with E-state index in [0.717, 1.165) is 0 Å². The molecule has 174 valence electrons. The van der Waals surface area contributed by atoms with Gasteiger partial charge in [-0.1, -0.05) is 0 Å². The highest BCUT2D eigenvalue weighted by atomic mass is 16.5. The van der Waals surface area contributed by atoms with Gasteiger partial charge in [-0.05, 0) is 54.6 Å². The molecule has 0 saturated heterocycles. The van der Waals surface area contributed by atoms with Crippen molar-refractivity contribution in [3.05, 3.63) is 60.2 Å². The minimum absolute atomic E-state index is 0.185. The molecular formula is C24H21N3O7. The molecule has 4 rings (SSSR count). The Morgan fingerprint density at radius 3 is 1.94 bits per heavy atom. The van der Waals surface area contributed by atoms with Crippen LogP contribution in [-0.2, 0) is 0 Å². The van der Waals surface area contributed by atoms with Crippen LogP contribution in [-0.4, -0.2) is 47.6 Å². The first-order valence-electron chi connectivity index (χ1n) is 10.0. The number of methoxy groups -OCH3 is 3. The van der Waals surface area contributed by atoms with Gasteiger partial charge in [-0.15, -0.1) is 10.2 Å². The third-order valence-corrected chi connectivity index (χ3v) is 4.96. The zero-order valence-electron chi connectivity index (χ0n) is 18.5. The number of amides is 1. The molecule has 0 unspecified atom stereocenters. The normalized spacial score (nSPS) is 10.6. The number of hydrogen-bond donors (Lipinski definition) is 3. The highest BCUT2D eigenvalue weighted by molar-refractivity contribution is 6.05. The van der Waals surface area contributed by atoms with Gasteiger partial charge in [-0.25, -0.2) is 0 Å². The number of aromatic hydroxyl groups is 2. The van der Waals surface area contributed by atoms with Crippen LogP contribution in [0.5, 0.6) is 28.7 Å². The minimum atomic E-state index is -0.362. The van der Waals surface area contributed by atoms with Crippen molar-refractivity contribution in [2.24, 2.45) is 0 Å². The van der Waals surface area contributed by atoms with E-state index in [1.165, 1.54) is 33.5 Å². The lowest BCUT2D eigenvalue weighted by atomic mass is 10.1. The number of carbonyl (C=O) groups excluding carboxylic acids is 1. The summed E-state index contributed by atoms with van der Waals surface area (Å²) in [6.07, 6.45) is 0. The molecule has 1 aromatic heterocycles. The van der Waals surface area contributed by atoms with E-state index >= 15 is 0 Å². The van der Waals surface area contributed by atoms with Crippen LogP contribution in [0.15, 0.2) is 59.0 Å². The quantitative estimate of drug-likeness (QED) is 0.346. The summed E-state index contributed by atoms with van der Waals surface area (Å²) in [5.74, 6) is 0.687. The third kappa shape index (κ3) is 4.42. The van der Waals surface area contributed by atoms with Crippen LogP contribution in [0.1, 0.15) is 10.4 Å². The van der Waals surface area contributed by atoms with Gasteiger partial charge in [0.2, 0.25) is 17.5 Å². The molecule has 0 spiro atoms. The summed E-state index contributed by atoms with van der Waals surface area (Å²) < 4.78 is 21.5. The summed E-state index contributed by atoms with van der Waals surface area (Å²) >= 11 is 0. The molecule has 0 fully saturated rings. The van der Waals surface area contributed by atoms with Crippen molar-refractivity contribution in [1.82, 2.24) is 10.2 Å². The van der Waals surface area contributed by atoms with Crippen molar-refractivity contribution in [3.8, 4) is 51.7 Å². The van der Waals surface area contributed by atoms with Crippen molar-refractivity contribution < 1.29 is 33.6 Å². The molecule has 0 aliphatic rings. The van der Waals surface area contributed by atoms with Gasteiger partial charge < -0.3 is 34.2 Å². The number of benzene rings is 3. The summed E-state index contributed by atoms with van der Waals surface area (Å²) in [6, 6.07) is 14.2. The van der Waals surface area contributed by atoms with Gasteiger partial charge in [0.25, 0.3) is 5.91 Å². The van der Waals surface area contributed by atoms with Crippen LogP contribution >= 0.6 is 0 Å². The molecule has 1 heterocycles. The van der Waals surface area contributed by atoms with Crippen LogP contribution in [0.3, 0.4) is 0 Å². The molecule has 1 amide bonds. The first-order chi connectivity index (χ1) is 16.4. The number of nitrogens with zero attached hydrogens (tertiary/aromatic N) is 2. The molecule has 4 aromatic rings. The van der Waals surface area contributed by atoms with E-state index in [9.17, 15) is 15.0 Å². The number of aromatic nitrogens is 2. The van der Waals surface area contributed by atoms with Gasteiger partial charge in [0, 0.05) is 22.4 Å². The van der Waals surface area contributed by atoms with Crippen molar-refractivity contribution in [1.29, 1.82) is 0 Å². The fraction of sp³-hybridized carbons (Fsp3) is 0.125. The average molecular weight is 463 g/mol. The second-order valence-corrected chi connectivity index (χ2v) is 7.06. The van der Waals surface area contributed by atoms with Gasteiger partial charge in [0.15, 0.2) is 23.0 Å². The molecule has 34 heavy (non-hydrogen) atoms. The topological polar surface area (TPSA) is 136 Å². The average Bonchev–Trinajstić information content (AvgIpc) is 3.35. The lowest BCUT2D eigenvalue weighted by Gasteiger charge is -2.14. The number of anilines is 1. The molecular weight excluding hydrogens is 442 g/mol. The lowest BCUT2D eigenvalue weighted by Crippen LogP contribution is -2.12. The summed E-state index contributed by atoms with van der Waals surface area (Å²) in [6.45, 7) is 0. The van der Waals surface area contributed by atoms with E-state index in [-0.39, 0.29) is 29.2 Å². The van der Waals surface area contributed by atoms with Gasteiger partial charge in [0.1, 0.15) is 0 Å². The first kappa shape index (κ1) is 22.5. The highest BCUT2D eigenvalue weighted by Gasteiger charge is 2.17. The van der Waals surface area contributed by atoms with Gasteiger partial charge in [-0.3, -0.25) is 4.79 Å². The minimum Gasteiger partial charge on any atom is -0.504 e. The SMILES string of the molecule is COc1cc(C(=O)Nc2ccc(-c3nnc(-c4ccc(O)c(O)c4)o3)cc2)cc(OC)c1OC. The summed E-state index contributed by atoms with van der Waals surface area (Å²) in [4.78, 5) is 12.8. The Labute approximate surface area is 194 Å². The van der Waals surface area contributed by atoms with Crippen molar-refractivity contribution >= 4 is 11.6 Å². The number of rotatable bonds is 7. The molecule has 0 atom stereocenters. The zero-order chi connectivity index (χ0) is 24.2. The molecule has 10 heteroatoms. The number of phenolic OH excluding ortho intramolecular Hbond substituents is 2. The Morgan fingerprint density at radius 2 is 1.38 bits per heavy atom. The Hall–Kier alpha value is -4.73. The summed E-state index contributed by atoms with van der Waals surface area (Å²) in [5, 5.41) is 29.9. The zero-order valence-corrected chi connectivity index (χ0v) is 18.5. The van der Waals surface area contributed by atoms with Gasteiger partial charge >= 0.3 is 0 Å². The lowest BCUT2D eigenvalue weighted by molar-refractivity contribution is 0.102. The Balaban J connectivity index is 1.51. The van der Waals surface area contributed by atoms with Crippen LogP contribution < -0.4 is 19.5 Å². The van der Waals surface area contributed by atoms with Crippen LogP contribution in [0.2, 0.25) is 0 Å². The molecule has 0 aliphatic carbocycles. The summed E-state index contributed by atoms with van der Waals surface area (Å²) in [5.41, 5.74) is 1.97. The van der Waals surface area contributed by atoms with Crippen molar-refractivity contribution in [2.75, 3.05) is 26.6 Å². The van der Waals surface area contributed by atoms with Crippen molar-refractivity contribution in [3.63, 3.8) is 0 Å². The molecule has 3 N–H and O–H groups in total. The van der Waals surface area contributed by atoms with Crippen LogP contribution in [0, 0.1) is 0 Å². The van der Waals surface area contributed by atoms with Gasteiger partial charge in [-0.2, -0.15) is 0 Å². The molecule has 0 aliphatic heterocycles. The predicted molar refractivity (Wildman–Crippen MR) is 123 cm³/mol. The van der Waals surface area contributed by atoms with Gasteiger partial charge in [0.05, 0.1) is 21.3 Å². The summed E-state index contributed by atoms with van der Waals surface area (Å²) in [7, 11) is 4.44. The number of ether oxygens (including phenoxy) is 3. The Bertz CT molecular complexity index is 1310. The monoisotopic (exact) mass is 463 g/mol. The molecule has 0 radical (unpaired) electrons. The van der Waals surface area contributed by atoms with E-state index in [4.69, 9.17) is 18.6 Å². The number of hydrogen-bond acceptors (Lipinski definition) is 9. The fourth-order valence-corrected chi connectivity index (χ4v) is 3.22. The molecule has 3 aromatic carbocycles. The van der Waals surface area contributed by atoms with E-state index in [2.05, 4.69) is 15.5 Å². The first-order valence-corrected chi connectivity index (χ1v) is 10.0. The van der Waals surface area contributed by atoms with E-state index in [1.807, 2.05) is 0 Å². The second kappa shape index (κ2) is 9.41. The van der Waals surface area contributed by atoms with E-state index in [1.54, 1.807) is 42.5 Å². The Kier molecular flexibility index (Phi) is 6.22. The van der Waals surface area contributed by atoms with E-state index < -0.39 is 0 Å².